The molecule has 0 aromatic rings. The molecule has 0 unspecified atom stereocenters. The molecule has 0 atom stereocenters. The molecule has 1 aliphatic rings. The van der Waals surface area contributed by atoms with E-state index in [1.54, 1.807) is 11.0 Å². The van der Waals surface area contributed by atoms with Crippen molar-refractivity contribution in [2.45, 2.75) is 6.92 Å². The fourth-order valence-corrected chi connectivity index (χ4v) is 1.85. The van der Waals surface area contributed by atoms with E-state index in [9.17, 15) is 9.59 Å². The van der Waals surface area contributed by atoms with Crippen LogP contribution in [0.3, 0.4) is 0 Å². The Morgan fingerprint density at radius 1 is 1.42 bits per heavy atom. The van der Waals surface area contributed by atoms with E-state index in [1.807, 2.05) is 0 Å². The molecule has 1 saturated heterocycles. The third kappa shape index (κ3) is 6.35. The summed E-state index contributed by atoms with van der Waals surface area (Å²) in [4.78, 5) is 26.9. The van der Waals surface area contributed by atoms with Gasteiger partial charge in [-0.05, 0) is 0 Å². The highest BCUT2D eigenvalue weighted by Crippen LogP contribution is 1.98. The molecule has 0 aliphatic carbocycles. The first kappa shape index (κ1) is 15.7. The van der Waals surface area contributed by atoms with Gasteiger partial charge < -0.3 is 15.0 Å². The third-order valence-electron chi connectivity index (χ3n) is 3.01. The van der Waals surface area contributed by atoms with Crippen LogP contribution in [-0.4, -0.2) is 74.1 Å². The molecular formula is C13H23N3O3. The molecule has 0 spiro atoms. The molecule has 0 bridgehead atoms. The standard InChI is InChI=1S/C13H23N3O3/c1-3-4-14-13(18)11-16(12(2)17)6-5-15-7-9-19-10-8-15/h3H,1,4-11H2,2H3,(H,14,18). The molecule has 19 heavy (non-hydrogen) atoms. The van der Waals surface area contributed by atoms with Crippen LogP contribution in [0.2, 0.25) is 0 Å². The van der Waals surface area contributed by atoms with Gasteiger partial charge in [0.1, 0.15) is 0 Å². The quantitative estimate of drug-likeness (QED) is 0.631. The molecule has 1 fully saturated rings. The molecule has 2 amide bonds. The molecule has 0 aromatic heterocycles. The molecule has 1 heterocycles. The van der Waals surface area contributed by atoms with Crippen LogP contribution in [0.4, 0.5) is 0 Å². The Morgan fingerprint density at radius 2 is 2.11 bits per heavy atom. The summed E-state index contributed by atoms with van der Waals surface area (Å²) in [5.74, 6) is -0.237. The lowest BCUT2D eigenvalue weighted by atomic mass is 10.3. The number of amides is 2. The first-order chi connectivity index (χ1) is 9.13. The predicted molar refractivity (Wildman–Crippen MR) is 72.7 cm³/mol. The Hall–Kier alpha value is -1.40. The average Bonchev–Trinajstić information content (AvgIpc) is 2.42. The minimum absolute atomic E-state index is 0.0815. The maximum absolute atomic E-state index is 11.6. The number of carbonyl (C=O) groups is 2. The summed E-state index contributed by atoms with van der Waals surface area (Å²) in [6, 6.07) is 0. The van der Waals surface area contributed by atoms with E-state index in [4.69, 9.17) is 4.74 Å². The molecule has 1 rings (SSSR count). The van der Waals surface area contributed by atoms with E-state index in [0.717, 1.165) is 32.8 Å². The van der Waals surface area contributed by atoms with Crippen molar-refractivity contribution in [1.29, 1.82) is 0 Å². The van der Waals surface area contributed by atoms with Gasteiger partial charge in [0.25, 0.3) is 0 Å². The summed E-state index contributed by atoms with van der Waals surface area (Å²) in [7, 11) is 0. The molecule has 1 aliphatic heterocycles. The van der Waals surface area contributed by atoms with E-state index in [1.165, 1.54) is 6.92 Å². The van der Waals surface area contributed by atoms with Crippen LogP contribution in [0.25, 0.3) is 0 Å². The Kier molecular flexibility index (Phi) is 7.14. The topological polar surface area (TPSA) is 61.9 Å². The zero-order valence-corrected chi connectivity index (χ0v) is 11.6. The van der Waals surface area contributed by atoms with Gasteiger partial charge in [-0.1, -0.05) is 6.08 Å². The normalized spacial score (nSPS) is 15.8. The van der Waals surface area contributed by atoms with Crippen LogP contribution in [0.15, 0.2) is 12.7 Å². The van der Waals surface area contributed by atoms with Crippen LogP contribution >= 0.6 is 0 Å². The van der Waals surface area contributed by atoms with Crippen LogP contribution in [0, 0.1) is 0 Å². The maximum atomic E-state index is 11.6. The minimum Gasteiger partial charge on any atom is -0.379 e. The molecule has 6 nitrogen and oxygen atoms in total. The summed E-state index contributed by atoms with van der Waals surface area (Å²) >= 11 is 0. The Bertz CT molecular complexity index is 314. The van der Waals surface area contributed by atoms with Gasteiger partial charge in [-0.2, -0.15) is 0 Å². The first-order valence-corrected chi connectivity index (χ1v) is 6.56. The maximum Gasteiger partial charge on any atom is 0.239 e. The lowest BCUT2D eigenvalue weighted by molar-refractivity contribution is -0.134. The predicted octanol–water partition coefficient (Wildman–Crippen LogP) is -0.531. The van der Waals surface area contributed by atoms with Crippen molar-refractivity contribution in [3.8, 4) is 0 Å². The molecule has 1 N–H and O–H groups in total. The van der Waals surface area contributed by atoms with Gasteiger partial charge in [-0.15, -0.1) is 6.58 Å². The third-order valence-corrected chi connectivity index (χ3v) is 3.01. The lowest BCUT2D eigenvalue weighted by Gasteiger charge is -2.29. The molecule has 0 saturated carbocycles. The van der Waals surface area contributed by atoms with Crippen molar-refractivity contribution in [3.05, 3.63) is 12.7 Å². The van der Waals surface area contributed by atoms with Gasteiger partial charge in [0.05, 0.1) is 19.8 Å². The highest BCUT2D eigenvalue weighted by molar-refractivity contribution is 5.83. The van der Waals surface area contributed by atoms with Gasteiger partial charge in [-0.3, -0.25) is 14.5 Å². The van der Waals surface area contributed by atoms with Crippen molar-refractivity contribution in [2.75, 3.05) is 52.5 Å². The molecular weight excluding hydrogens is 246 g/mol. The number of morpholine rings is 1. The number of nitrogens with zero attached hydrogens (tertiary/aromatic N) is 2. The van der Waals surface area contributed by atoms with Crippen LogP contribution in [0.1, 0.15) is 6.92 Å². The fraction of sp³-hybridized carbons (Fsp3) is 0.692. The van der Waals surface area contributed by atoms with Gasteiger partial charge in [0.2, 0.25) is 11.8 Å². The summed E-state index contributed by atoms with van der Waals surface area (Å²) in [5.41, 5.74) is 0. The van der Waals surface area contributed by atoms with Gasteiger partial charge in [0.15, 0.2) is 0 Å². The monoisotopic (exact) mass is 269 g/mol. The van der Waals surface area contributed by atoms with E-state index in [-0.39, 0.29) is 18.4 Å². The van der Waals surface area contributed by atoms with Crippen molar-refractivity contribution < 1.29 is 14.3 Å². The largest absolute Gasteiger partial charge is 0.379 e. The van der Waals surface area contributed by atoms with E-state index in [0.29, 0.717) is 13.1 Å². The van der Waals surface area contributed by atoms with Crippen molar-refractivity contribution >= 4 is 11.8 Å². The Morgan fingerprint density at radius 3 is 2.68 bits per heavy atom. The van der Waals surface area contributed by atoms with Gasteiger partial charge in [0, 0.05) is 39.6 Å². The van der Waals surface area contributed by atoms with Crippen LogP contribution < -0.4 is 5.32 Å². The lowest BCUT2D eigenvalue weighted by Crippen LogP contribution is -2.45. The SMILES string of the molecule is C=CCNC(=O)CN(CCN1CCOCC1)C(C)=O. The second-order valence-corrected chi connectivity index (χ2v) is 4.49. The highest BCUT2D eigenvalue weighted by Gasteiger charge is 2.16. The summed E-state index contributed by atoms with van der Waals surface area (Å²) < 4.78 is 5.27. The zero-order valence-electron chi connectivity index (χ0n) is 11.6. The molecule has 6 heteroatoms. The van der Waals surface area contributed by atoms with Crippen LogP contribution in [0.5, 0.6) is 0 Å². The highest BCUT2D eigenvalue weighted by atomic mass is 16.5. The number of nitrogens with one attached hydrogen (secondary N) is 1. The fourth-order valence-electron chi connectivity index (χ4n) is 1.85. The van der Waals surface area contributed by atoms with E-state index < -0.39 is 0 Å². The molecule has 0 radical (unpaired) electrons. The van der Waals surface area contributed by atoms with Crippen molar-refractivity contribution in [2.24, 2.45) is 0 Å². The number of hydrogen-bond acceptors (Lipinski definition) is 4. The van der Waals surface area contributed by atoms with Gasteiger partial charge in [-0.25, -0.2) is 0 Å². The van der Waals surface area contributed by atoms with Crippen LogP contribution in [-0.2, 0) is 14.3 Å². The number of rotatable bonds is 7. The molecule has 108 valence electrons. The zero-order chi connectivity index (χ0) is 14.1. The minimum atomic E-state index is -0.155. The number of hydrogen-bond donors (Lipinski definition) is 1. The molecule has 0 aromatic carbocycles. The smallest absolute Gasteiger partial charge is 0.239 e. The van der Waals surface area contributed by atoms with E-state index >= 15 is 0 Å². The second-order valence-electron chi connectivity index (χ2n) is 4.49. The Labute approximate surface area is 114 Å². The summed E-state index contributed by atoms with van der Waals surface area (Å²) in [6.45, 7) is 10.1. The summed E-state index contributed by atoms with van der Waals surface area (Å²) in [5, 5.41) is 2.67. The van der Waals surface area contributed by atoms with Crippen molar-refractivity contribution in [1.82, 2.24) is 15.1 Å². The first-order valence-electron chi connectivity index (χ1n) is 6.56. The average molecular weight is 269 g/mol. The second kappa shape index (κ2) is 8.66. The Balaban J connectivity index is 2.32. The summed E-state index contributed by atoms with van der Waals surface area (Å²) in [6.07, 6.45) is 1.61. The number of carbonyl (C=O) groups excluding carboxylic acids is 2. The van der Waals surface area contributed by atoms with E-state index in [2.05, 4.69) is 16.8 Å². The number of ether oxygens (including phenoxy) is 1. The van der Waals surface area contributed by atoms with Crippen molar-refractivity contribution in [3.63, 3.8) is 0 Å². The van der Waals surface area contributed by atoms with Gasteiger partial charge >= 0.3 is 0 Å².